The number of aliphatic hydroxyl groups excluding tert-OH is 1. The molecule has 3 unspecified atom stereocenters. The van der Waals surface area contributed by atoms with E-state index in [4.69, 9.17) is 5.73 Å². The second kappa shape index (κ2) is 5.25. The first-order chi connectivity index (χ1) is 6.97. The van der Waals surface area contributed by atoms with Crippen molar-refractivity contribution in [2.24, 2.45) is 5.73 Å². The van der Waals surface area contributed by atoms with E-state index in [1.807, 2.05) is 6.92 Å². The Bertz CT molecular complexity index is 198. The molecule has 1 fully saturated rings. The Labute approximate surface area is 92.8 Å². The third-order valence-corrected chi connectivity index (χ3v) is 3.18. The van der Waals surface area contributed by atoms with Crippen LogP contribution in [0.1, 0.15) is 26.7 Å². The molecule has 4 N–H and O–H groups in total. The fourth-order valence-corrected chi connectivity index (χ4v) is 2.52. The van der Waals surface area contributed by atoms with E-state index in [9.17, 15) is 5.11 Å². The van der Waals surface area contributed by atoms with Gasteiger partial charge in [-0.15, -0.1) is 0 Å². The first-order valence-corrected chi connectivity index (χ1v) is 5.82. The van der Waals surface area contributed by atoms with Crippen molar-refractivity contribution in [2.45, 2.75) is 44.4 Å². The summed E-state index contributed by atoms with van der Waals surface area (Å²) in [5.74, 6) is 0. The minimum absolute atomic E-state index is 0.0586. The van der Waals surface area contributed by atoms with Gasteiger partial charge in [0.05, 0.1) is 6.10 Å². The summed E-state index contributed by atoms with van der Waals surface area (Å²) >= 11 is 0. The van der Waals surface area contributed by atoms with Crippen molar-refractivity contribution < 1.29 is 5.11 Å². The minimum Gasteiger partial charge on any atom is -0.393 e. The molecule has 0 aliphatic carbocycles. The normalized spacial score (nSPS) is 31.8. The van der Waals surface area contributed by atoms with Crippen molar-refractivity contribution in [2.75, 3.05) is 26.7 Å². The van der Waals surface area contributed by atoms with Crippen LogP contribution in [0.2, 0.25) is 0 Å². The number of nitrogens with one attached hydrogen (secondary N) is 1. The highest BCUT2D eigenvalue weighted by Crippen LogP contribution is 2.20. The van der Waals surface area contributed by atoms with Crippen LogP contribution in [0.3, 0.4) is 0 Å². The van der Waals surface area contributed by atoms with Crippen LogP contribution in [0.4, 0.5) is 0 Å². The maximum absolute atomic E-state index is 9.32. The smallest absolute Gasteiger partial charge is 0.0526 e. The van der Waals surface area contributed by atoms with E-state index in [-0.39, 0.29) is 11.6 Å². The molecule has 4 heteroatoms. The van der Waals surface area contributed by atoms with Crippen molar-refractivity contribution in [3.63, 3.8) is 0 Å². The molecule has 0 aromatic carbocycles. The summed E-state index contributed by atoms with van der Waals surface area (Å²) in [5.41, 5.74) is 5.92. The molecule has 0 saturated carbocycles. The SMILES string of the molecule is CC(O)CC(C)NC1(CN)CCN(C)C1. The van der Waals surface area contributed by atoms with Crippen LogP contribution in [0.25, 0.3) is 0 Å². The average Bonchev–Trinajstić information content (AvgIpc) is 2.46. The third-order valence-electron chi connectivity index (χ3n) is 3.18. The largest absolute Gasteiger partial charge is 0.393 e. The zero-order chi connectivity index (χ0) is 11.5. The van der Waals surface area contributed by atoms with Crippen molar-refractivity contribution in [3.05, 3.63) is 0 Å². The van der Waals surface area contributed by atoms with Gasteiger partial charge in [0, 0.05) is 24.7 Å². The number of nitrogens with zero attached hydrogens (tertiary/aromatic N) is 1. The Balaban J connectivity index is 2.46. The van der Waals surface area contributed by atoms with Crippen LogP contribution >= 0.6 is 0 Å². The van der Waals surface area contributed by atoms with E-state index >= 15 is 0 Å². The third kappa shape index (κ3) is 3.72. The fourth-order valence-electron chi connectivity index (χ4n) is 2.52. The Morgan fingerprint density at radius 2 is 2.20 bits per heavy atom. The molecule has 4 nitrogen and oxygen atoms in total. The van der Waals surface area contributed by atoms with Crippen LogP contribution in [0.5, 0.6) is 0 Å². The molecule has 0 spiro atoms. The van der Waals surface area contributed by atoms with E-state index in [1.54, 1.807) is 0 Å². The van der Waals surface area contributed by atoms with Crippen molar-refractivity contribution >= 4 is 0 Å². The van der Waals surface area contributed by atoms with E-state index in [0.29, 0.717) is 12.6 Å². The molecule has 90 valence electrons. The molecular formula is C11H25N3O. The lowest BCUT2D eigenvalue weighted by atomic mass is 9.96. The minimum atomic E-state index is -0.249. The highest BCUT2D eigenvalue weighted by atomic mass is 16.3. The number of likely N-dealkylation sites (N-methyl/N-ethyl adjacent to an activating group) is 1. The molecule has 1 saturated heterocycles. The van der Waals surface area contributed by atoms with Crippen molar-refractivity contribution in [3.8, 4) is 0 Å². The highest BCUT2D eigenvalue weighted by molar-refractivity contribution is 4.98. The number of hydrogen-bond acceptors (Lipinski definition) is 4. The van der Waals surface area contributed by atoms with Gasteiger partial charge in [-0.05, 0) is 40.3 Å². The van der Waals surface area contributed by atoms with Gasteiger partial charge in [0.15, 0.2) is 0 Å². The van der Waals surface area contributed by atoms with Gasteiger partial charge < -0.3 is 21.1 Å². The maximum Gasteiger partial charge on any atom is 0.0526 e. The maximum atomic E-state index is 9.32. The molecule has 0 aromatic rings. The number of rotatable bonds is 5. The lowest BCUT2D eigenvalue weighted by molar-refractivity contribution is 0.159. The van der Waals surface area contributed by atoms with E-state index in [1.165, 1.54) is 0 Å². The van der Waals surface area contributed by atoms with Crippen molar-refractivity contribution in [1.29, 1.82) is 0 Å². The second-order valence-corrected chi connectivity index (χ2v) is 5.10. The Morgan fingerprint density at radius 1 is 1.53 bits per heavy atom. The first kappa shape index (κ1) is 12.9. The van der Waals surface area contributed by atoms with Gasteiger partial charge in [-0.1, -0.05) is 0 Å². The number of hydrogen-bond donors (Lipinski definition) is 3. The van der Waals surface area contributed by atoms with E-state index < -0.39 is 0 Å². The molecule has 1 aliphatic heterocycles. The van der Waals surface area contributed by atoms with Gasteiger partial charge in [0.2, 0.25) is 0 Å². The highest BCUT2D eigenvalue weighted by Gasteiger charge is 2.36. The fraction of sp³-hybridized carbons (Fsp3) is 1.00. The summed E-state index contributed by atoms with van der Waals surface area (Å²) in [6.07, 6.45) is 1.64. The Hall–Kier alpha value is -0.160. The molecule has 1 rings (SSSR count). The van der Waals surface area contributed by atoms with Gasteiger partial charge in [-0.25, -0.2) is 0 Å². The standard InChI is InChI=1S/C11H25N3O/c1-9(6-10(2)15)13-11(7-12)4-5-14(3)8-11/h9-10,13,15H,4-8,12H2,1-3H3. The second-order valence-electron chi connectivity index (χ2n) is 5.10. The quantitative estimate of drug-likeness (QED) is 0.593. The van der Waals surface area contributed by atoms with E-state index in [0.717, 1.165) is 25.9 Å². The molecule has 0 radical (unpaired) electrons. The number of likely N-dealkylation sites (tertiary alicyclic amines) is 1. The van der Waals surface area contributed by atoms with Gasteiger partial charge in [-0.3, -0.25) is 0 Å². The Morgan fingerprint density at radius 3 is 2.60 bits per heavy atom. The first-order valence-electron chi connectivity index (χ1n) is 5.82. The summed E-state index contributed by atoms with van der Waals surface area (Å²) < 4.78 is 0. The molecule has 1 heterocycles. The molecule has 3 atom stereocenters. The van der Waals surface area contributed by atoms with Crippen LogP contribution in [0, 0.1) is 0 Å². The lowest BCUT2D eigenvalue weighted by Crippen LogP contribution is -2.56. The summed E-state index contributed by atoms with van der Waals surface area (Å²) in [7, 11) is 2.12. The van der Waals surface area contributed by atoms with Crippen LogP contribution in [-0.4, -0.2) is 54.4 Å². The predicted octanol–water partition coefficient (Wildman–Crippen LogP) is -0.232. The molecule has 1 aliphatic rings. The average molecular weight is 215 g/mol. The predicted molar refractivity (Wildman–Crippen MR) is 62.8 cm³/mol. The summed E-state index contributed by atoms with van der Waals surface area (Å²) in [6.45, 7) is 6.72. The molecule has 15 heavy (non-hydrogen) atoms. The molecule has 0 aromatic heterocycles. The van der Waals surface area contributed by atoms with Gasteiger partial charge >= 0.3 is 0 Å². The Kier molecular flexibility index (Phi) is 4.52. The topological polar surface area (TPSA) is 61.5 Å². The van der Waals surface area contributed by atoms with Gasteiger partial charge in [0.1, 0.15) is 0 Å². The van der Waals surface area contributed by atoms with Crippen LogP contribution < -0.4 is 11.1 Å². The van der Waals surface area contributed by atoms with Crippen LogP contribution in [0.15, 0.2) is 0 Å². The summed E-state index contributed by atoms with van der Waals surface area (Å²) in [4.78, 5) is 2.30. The van der Waals surface area contributed by atoms with Gasteiger partial charge in [-0.2, -0.15) is 0 Å². The number of aliphatic hydroxyl groups is 1. The molecule has 0 amide bonds. The monoisotopic (exact) mass is 215 g/mol. The summed E-state index contributed by atoms with van der Waals surface area (Å²) in [5, 5.41) is 12.9. The molecule has 0 bridgehead atoms. The van der Waals surface area contributed by atoms with Crippen LogP contribution in [-0.2, 0) is 0 Å². The van der Waals surface area contributed by atoms with E-state index in [2.05, 4.69) is 24.2 Å². The number of nitrogens with two attached hydrogens (primary N) is 1. The zero-order valence-corrected chi connectivity index (χ0v) is 10.2. The molecular weight excluding hydrogens is 190 g/mol. The summed E-state index contributed by atoms with van der Waals surface area (Å²) in [6, 6.07) is 0.319. The van der Waals surface area contributed by atoms with Gasteiger partial charge in [0.25, 0.3) is 0 Å². The lowest BCUT2D eigenvalue weighted by Gasteiger charge is -2.33. The van der Waals surface area contributed by atoms with Crippen molar-refractivity contribution in [1.82, 2.24) is 10.2 Å². The zero-order valence-electron chi connectivity index (χ0n) is 10.2.